The molecule has 108 valence electrons. The van der Waals surface area contributed by atoms with Gasteiger partial charge in [-0.25, -0.2) is 0 Å². The van der Waals surface area contributed by atoms with Crippen LogP contribution in [-0.4, -0.2) is 26.2 Å². The van der Waals surface area contributed by atoms with E-state index in [1.54, 1.807) is 0 Å². The molecular formula is C16H34N2. The number of hydrogen-bond acceptors (Lipinski definition) is 2. The third-order valence-electron chi connectivity index (χ3n) is 4.14. The Hall–Kier alpha value is -0.0800. The van der Waals surface area contributed by atoms with Gasteiger partial charge in [0.1, 0.15) is 0 Å². The molecule has 0 unspecified atom stereocenters. The smallest absolute Gasteiger partial charge is 0.000791 e. The standard InChI is InChI=1S/C16H34N2/c1-4-10-17-11-7-12-18-14-16(13-15(2)3)8-5-6-9-16/h15,17-18H,4-14H2,1-3H3. The highest BCUT2D eigenvalue weighted by Crippen LogP contribution is 2.42. The van der Waals surface area contributed by atoms with E-state index in [1.807, 2.05) is 0 Å². The van der Waals surface area contributed by atoms with Crippen LogP contribution < -0.4 is 10.6 Å². The van der Waals surface area contributed by atoms with Crippen LogP contribution in [0.3, 0.4) is 0 Å². The van der Waals surface area contributed by atoms with Crippen LogP contribution in [0.2, 0.25) is 0 Å². The molecule has 0 amide bonds. The highest BCUT2D eigenvalue weighted by atomic mass is 14.9. The maximum Gasteiger partial charge on any atom is 0.000791 e. The van der Waals surface area contributed by atoms with Gasteiger partial charge in [0.05, 0.1) is 0 Å². The van der Waals surface area contributed by atoms with Crippen LogP contribution in [0.15, 0.2) is 0 Å². The molecule has 0 spiro atoms. The predicted octanol–water partition coefficient (Wildman–Crippen LogP) is 3.57. The van der Waals surface area contributed by atoms with Crippen molar-refractivity contribution in [3.8, 4) is 0 Å². The predicted molar refractivity (Wildman–Crippen MR) is 81.0 cm³/mol. The highest BCUT2D eigenvalue weighted by Gasteiger charge is 2.33. The van der Waals surface area contributed by atoms with Crippen LogP contribution >= 0.6 is 0 Å². The quantitative estimate of drug-likeness (QED) is 0.582. The molecule has 2 N–H and O–H groups in total. The summed E-state index contributed by atoms with van der Waals surface area (Å²) < 4.78 is 0. The molecule has 0 heterocycles. The molecule has 0 radical (unpaired) electrons. The lowest BCUT2D eigenvalue weighted by Crippen LogP contribution is -2.34. The molecule has 0 aromatic heterocycles. The molecule has 1 fully saturated rings. The second-order valence-corrected chi connectivity index (χ2v) is 6.59. The van der Waals surface area contributed by atoms with E-state index in [9.17, 15) is 0 Å². The Morgan fingerprint density at radius 3 is 2.28 bits per heavy atom. The second-order valence-electron chi connectivity index (χ2n) is 6.59. The van der Waals surface area contributed by atoms with Gasteiger partial charge in [0.25, 0.3) is 0 Å². The summed E-state index contributed by atoms with van der Waals surface area (Å²) in [5.41, 5.74) is 0.630. The molecule has 1 rings (SSSR count). The lowest BCUT2D eigenvalue weighted by molar-refractivity contribution is 0.224. The molecule has 0 aliphatic heterocycles. The van der Waals surface area contributed by atoms with Gasteiger partial charge in [0.15, 0.2) is 0 Å². The van der Waals surface area contributed by atoms with E-state index in [0.29, 0.717) is 5.41 Å². The van der Waals surface area contributed by atoms with Crippen molar-refractivity contribution in [2.24, 2.45) is 11.3 Å². The number of rotatable bonds is 10. The summed E-state index contributed by atoms with van der Waals surface area (Å²) in [7, 11) is 0. The van der Waals surface area contributed by atoms with Crippen molar-refractivity contribution in [3.05, 3.63) is 0 Å². The van der Waals surface area contributed by atoms with Gasteiger partial charge >= 0.3 is 0 Å². The Labute approximate surface area is 114 Å². The highest BCUT2D eigenvalue weighted by molar-refractivity contribution is 4.87. The zero-order chi connectivity index (χ0) is 13.3. The normalized spacial score (nSPS) is 18.7. The third kappa shape index (κ3) is 6.19. The van der Waals surface area contributed by atoms with Gasteiger partial charge in [-0.15, -0.1) is 0 Å². The molecule has 0 bridgehead atoms. The first-order valence-electron chi connectivity index (χ1n) is 8.10. The summed E-state index contributed by atoms with van der Waals surface area (Å²) in [6.07, 6.45) is 9.72. The first kappa shape index (κ1) is 16.0. The van der Waals surface area contributed by atoms with E-state index in [-0.39, 0.29) is 0 Å². The van der Waals surface area contributed by atoms with Crippen molar-refractivity contribution in [1.29, 1.82) is 0 Å². The van der Waals surface area contributed by atoms with Gasteiger partial charge in [-0.05, 0) is 63.1 Å². The average molecular weight is 254 g/mol. The Kier molecular flexibility index (Phi) is 7.92. The van der Waals surface area contributed by atoms with Crippen molar-refractivity contribution in [1.82, 2.24) is 10.6 Å². The maximum absolute atomic E-state index is 3.71. The fourth-order valence-corrected chi connectivity index (χ4v) is 3.44. The van der Waals surface area contributed by atoms with Crippen LogP contribution in [0.5, 0.6) is 0 Å². The fraction of sp³-hybridized carbons (Fsp3) is 1.00. The summed E-state index contributed by atoms with van der Waals surface area (Å²) in [4.78, 5) is 0. The lowest BCUT2D eigenvalue weighted by atomic mass is 9.78. The van der Waals surface area contributed by atoms with Gasteiger partial charge in [-0.1, -0.05) is 33.6 Å². The zero-order valence-electron chi connectivity index (χ0n) is 12.9. The second kappa shape index (κ2) is 8.92. The minimum absolute atomic E-state index is 0.630. The largest absolute Gasteiger partial charge is 0.317 e. The van der Waals surface area contributed by atoms with Gasteiger partial charge in [-0.2, -0.15) is 0 Å². The number of hydrogen-bond donors (Lipinski definition) is 2. The minimum Gasteiger partial charge on any atom is -0.317 e. The van der Waals surface area contributed by atoms with Crippen molar-refractivity contribution in [2.45, 2.75) is 65.7 Å². The van der Waals surface area contributed by atoms with Gasteiger partial charge in [0.2, 0.25) is 0 Å². The summed E-state index contributed by atoms with van der Waals surface area (Å²) in [6.45, 7) is 11.7. The SMILES string of the molecule is CCCNCCCNCC1(CC(C)C)CCCC1. The molecule has 0 saturated heterocycles. The molecule has 0 aromatic rings. The molecule has 2 nitrogen and oxygen atoms in total. The van der Waals surface area contributed by atoms with Crippen molar-refractivity contribution in [2.75, 3.05) is 26.2 Å². The van der Waals surface area contributed by atoms with E-state index < -0.39 is 0 Å². The summed E-state index contributed by atoms with van der Waals surface area (Å²) in [5, 5.41) is 7.18. The molecule has 1 aliphatic carbocycles. The molecular weight excluding hydrogens is 220 g/mol. The molecule has 0 aromatic carbocycles. The minimum atomic E-state index is 0.630. The zero-order valence-corrected chi connectivity index (χ0v) is 12.9. The van der Waals surface area contributed by atoms with E-state index in [2.05, 4.69) is 31.4 Å². The Bertz CT molecular complexity index is 195. The molecule has 2 heteroatoms. The fourth-order valence-electron chi connectivity index (χ4n) is 3.44. The Morgan fingerprint density at radius 1 is 1.00 bits per heavy atom. The Balaban J connectivity index is 2.11. The van der Waals surface area contributed by atoms with Crippen molar-refractivity contribution < 1.29 is 0 Å². The summed E-state index contributed by atoms with van der Waals surface area (Å²) >= 11 is 0. The molecule has 1 aliphatic rings. The Morgan fingerprint density at radius 2 is 1.67 bits per heavy atom. The molecule has 0 atom stereocenters. The maximum atomic E-state index is 3.71. The lowest BCUT2D eigenvalue weighted by Gasteiger charge is -2.31. The number of nitrogens with one attached hydrogen (secondary N) is 2. The first-order valence-corrected chi connectivity index (χ1v) is 8.10. The summed E-state index contributed by atoms with van der Waals surface area (Å²) in [6, 6.07) is 0. The van der Waals surface area contributed by atoms with Gasteiger partial charge in [0, 0.05) is 6.54 Å². The van der Waals surface area contributed by atoms with Gasteiger partial charge < -0.3 is 10.6 Å². The van der Waals surface area contributed by atoms with Crippen LogP contribution in [0.1, 0.15) is 65.7 Å². The van der Waals surface area contributed by atoms with Crippen LogP contribution in [0, 0.1) is 11.3 Å². The third-order valence-corrected chi connectivity index (χ3v) is 4.14. The topological polar surface area (TPSA) is 24.1 Å². The summed E-state index contributed by atoms with van der Waals surface area (Å²) in [5.74, 6) is 0.844. The van der Waals surface area contributed by atoms with Crippen LogP contribution in [-0.2, 0) is 0 Å². The van der Waals surface area contributed by atoms with E-state index >= 15 is 0 Å². The van der Waals surface area contributed by atoms with Gasteiger partial charge in [-0.3, -0.25) is 0 Å². The van der Waals surface area contributed by atoms with Crippen LogP contribution in [0.25, 0.3) is 0 Å². The molecule has 18 heavy (non-hydrogen) atoms. The molecule has 1 saturated carbocycles. The van der Waals surface area contributed by atoms with E-state index in [0.717, 1.165) is 19.0 Å². The van der Waals surface area contributed by atoms with Crippen molar-refractivity contribution in [3.63, 3.8) is 0 Å². The average Bonchev–Trinajstić information content (AvgIpc) is 2.76. The van der Waals surface area contributed by atoms with Crippen molar-refractivity contribution >= 4 is 0 Å². The van der Waals surface area contributed by atoms with E-state index in [4.69, 9.17) is 0 Å². The van der Waals surface area contributed by atoms with Crippen LogP contribution in [0.4, 0.5) is 0 Å². The first-order chi connectivity index (χ1) is 8.68. The monoisotopic (exact) mass is 254 g/mol. The van der Waals surface area contributed by atoms with E-state index in [1.165, 1.54) is 58.0 Å².